The van der Waals surface area contributed by atoms with E-state index in [0.717, 1.165) is 54.3 Å². The van der Waals surface area contributed by atoms with Crippen LogP contribution in [0.15, 0.2) is 54.7 Å². The average Bonchev–Trinajstić information content (AvgIpc) is 2.92. The van der Waals surface area contributed by atoms with Crippen LogP contribution in [0.2, 0.25) is 0 Å². The van der Waals surface area contributed by atoms with E-state index >= 15 is 0 Å². The van der Waals surface area contributed by atoms with Crippen LogP contribution in [-0.2, 0) is 14.3 Å². The van der Waals surface area contributed by atoms with E-state index in [0.29, 0.717) is 31.5 Å². The van der Waals surface area contributed by atoms with E-state index in [-0.39, 0.29) is 12.5 Å². The lowest BCUT2D eigenvalue weighted by Crippen LogP contribution is -2.36. The van der Waals surface area contributed by atoms with Gasteiger partial charge in [0.15, 0.2) is 0 Å². The lowest BCUT2D eigenvalue weighted by atomic mass is 10.1. The molecule has 9 nitrogen and oxygen atoms in total. The number of ether oxygens (including phenoxy) is 3. The molecule has 1 saturated heterocycles. The van der Waals surface area contributed by atoms with Gasteiger partial charge in [-0.15, -0.1) is 0 Å². The van der Waals surface area contributed by atoms with E-state index in [1.165, 1.54) is 0 Å². The second kappa shape index (κ2) is 12.9. The molecule has 2 N–H and O–H groups in total. The molecule has 3 aromatic rings. The average molecular weight is 492 g/mol. The van der Waals surface area contributed by atoms with E-state index in [1.54, 1.807) is 13.3 Å². The normalized spacial score (nSPS) is 13.3. The van der Waals surface area contributed by atoms with Crippen LogP contribution in [0.5, 0.6) is 5.75 Å². The van der Waals surface area contributed by atoms with Crippen molar-refractivity contribution in [2.75, 3.05) is 62.2 Å². The summed E-state index contributed by atoms with van der Waals surface area (Å²) in [5.41, 5.74) is 4.27. The van der Waals surface area contributed by atoms with Gasteiger partial charge in [0.05, 0.1) is 31.7 Å². The maximum atomic E-state index is 12.0. The smallest absolute Gasteiger partial charge is 0.250 e. The number of benzene rings is 2. The van der Waals surface area contributed by atoms with Crippen molar-refractivity contribution in [1.29, 1.82) is 0 Å². The number of amides is 1. The number of nitrogens with one attached hydrogen (secondary N) is 2. The van der Waals surface area contributed by atoms with Crippen LogP contribution in [0, 0.1) is 0 Å². The van der Waals surface area contributed by atoms with Crippen LogP contribution in [0.3, 0.4) is 0 Å². The zero-order chi connectivity index (χ0) is 25.2. The van der Waals surface area contributed by atoms with Crippen LogP contribution < -0.4 is 20.3 Å². The number of aromatic nitrogens is 2. The first-order valence-electron chi connectivity index (χ1n) is 12.2. The zero-order valence-corrected chi connectivity index (χ0v) is 20.8. The van der Waals surface area contributed by atoms with Crippen LogP contribution in [0.4, 0.5) is 23.0 Å². The Balaban J connectivity index is 1.39. The molecule has 0 aliphatic carbocycles. The van der Waals surface area contributed by atoms with Gasteiger partial charge in [-0.25, -0.2) is 9.97 Å². The van der Waals surface area contributed by atoms with E-state index in [4.69, 9.17) is 14.2 Å². The fraction of sp³-hybridized carbons (Fsp3) is 0.370. The van der Waals surface area contributed by atoms with Crippen molar-refractivity contribution in [2.45, 2.75) is 19.8 Å². The summed E-state index contributed by atoms with van der Waals surface area (Å²) < 4.78 is 16.5. The highest BCUT2D eigenvalue weighted by Crippen LogP contribution is 2.32. The van der Waals surface area contributed by atoms with Crippen LogP contribution >= 0.6 is 0 Å². The predicted molar refractivity (Wildman–Crippen MR) is 141 cm³/mol. The van der Waals surface area contributed by atoms with E-state index in [9.17, 15) is 4.79 Å². The third-order valence-corrected chi connectivity index (χ3v) is 5.78. The number of morpholine rings is 1. The molecule has 0 spiro atoms. The van der Waals surface area contributed by atoms with Gasteiger partial charge in [0, 0.05) is 48.9 Å². The number of carbonyl (C=O) groups excluding carboxylic acids is 1. The van der Waals surface area contributed by atoms with Gasteiger partial charge in [0.25, 0.3) is 0 Å². The number of carbonyl (C=O) groups is 1. The van der Waals surface area contributed by atoms with E-state index in [1.807, 2.05) is 48.5 Å². The molecule has 0 bridgehead atoms. The molecule has 0 unspecified atom stereocenters. The molecule has 1 aromatic heterocycles. The van der Waals surface area contributed by atoms with Gasteiger partial charge in [-0.3, -0.25) is 4.79 Å². The molecule has 1 aliphatic rings. The lowest BCUT2D eigenvalue weighted by Gasteiger charge is -2.30. The number of unbranched alkanes of at least 4 members (excludes halogenated alkanes) is 1. The number of rotatable bonds is 11. The summed E-state index contributed by atoms with van der Waals surface area (Å²) in [4.78, 5) is 23.3. The SMILES string of the molecule is CCCCOCC(=O)Nc1ccc(-c2ccnc(Nc3ccc(N4CCOCC4)c(OC)c3)n2)cc1. The van der Waals surface area contributed by atoms with Gasteiger partial charge in [-0.2, -0.15) is 0 Å². The fourth-order valence-electron chi connectivity index (χ4n) is 3.86. The summed E-state index contributed by atoms with van der Waals surface area (Å²) in [6.07, 6.45) is 3.71. The molecule has 0 atom stereocenters. The highest BCUT2D eigenvalue weighted by atomic mass is 16.5. The third kappa shape index (κ3) is 6.93. The number of hydrogen-bond acceptors (Lipinski definition) is 8. The summed E-state index contributed by atoms with van der Waals surface area (Å²) in [5.74, 6) is 1.10. The van der Waals surface area contributed by atoms with Gasteiger partial charge in [0.2, 0.25) is 11.9 Å². The largest absolute Gasteiger partial charge is 0.495 e. The fourth-order valence-corrected chi connectivity index (χ4v) is 3.86. The van der Waals surface area contributed by atoms with Crippen molar-refractivity contribution in [2.24, 2.45) is 0 Å². The minimum atomic E-state index is -0.164. The van der Waals surface area contributed by atoms with Crippen molar-refractivity contribution in [3.8, 4) is 17.0 Å². The van der Waals surface area contributed by atoms with Crippen LogP contribution in [-0.4, -0.2) is 62.5 Å². The van der Waals surface area contributed by atoms with Crippen LogP contribution in [0.1, 0.15) is 19.8 Å². The molecular weight excluding hydrogens is 458 g/mol. The Kier molecular flexibility index (Phi) is 9.07. The number of anilines is 4. The maximum Gasteiger partial charge on any atom is 0.250 e. The summed E-state index contributed by atoms with van der Waals surface area (Å²) in [6, 6.07) is 15.4. The Hall–Kier alpha value is -3.69. The standard InChI is InChI=1S/C27H33N5O4/c1-3-4-15-36-19-26(33)29-21-7-5-20(6-8-21)23-11-12-28-27(31-23)30-22-9-10-24(25(18-22)34-2)32-13-16-35-17-14-32/h5-12,18H,3-4,13-17,19H2,1-2H3,(H,29,33)(H,28,30,31). The molecule has 0 radical (unpaired) electrons. The molecule has 0 saturated carbocycles. The highest BCUT2D eigenvalue weighted by molar-refractivity contribution is 5.91. The Morgan fingerprint density at radius 1 is 1.08 bits per heavy atom. The molecule has 2 heterocycles. The van der Waals surface area contributed by atoms with Crippen molar-refractivity contribution in [3.05, 3.63) is 54.7 Å². The summed E-state index contributed by atoms with van der Waals surface area (Å²) >= 11 is 0. The second-order valence-electron chi connectivity index (χ2n) is 8.41. The zero-order valence-electron chi connectivity index (χ0n) is 20.8. The molecule has 1 fully saturated rings. The molecular formula is C27H33N5O4. The highest BCUT2D eigenvalue weighted by Gasteiger charge is 2.16. The predicted octanol–water partition coefficient (Wildman–Crippen LogP) is 4.49. The molecule has 1 amide bonds. The second-order valence-corrected chi connectivity index (χ2v) is 8.41. The summed E-state index contributed by atoms with van der Waals surface area (Å²) in [7, 11) is 1.67. The first-order valence-corrected chi connectivity index (χ1v) is 12.2. The first-order chi connectivity index (χ1) is 17.7. The van der Waals surface area contributed by atoms with Crippen molar-refractivity contribution in [1.82, 2.24) is 9.97 Å². The topological polar surface area (TPSA) is 97.8 Å². The number of hydrogen-bond donors (Lipinski definition) is 2. The van der Waals surface area contributed by atoms with Gasteiger partial charge in [-0.05, 0) is 36.8 Å². The molecule has 1 aliphatic heterocycles. The molecule has 4 rings (SSSR count). The monoisotopic (exact) mass is 491 g/mol. The van der Waals surface area contributed by atoms with Crippen LogP contribution in [0.25, 0.3) is 11.3 Å². The van der Waals surface area contributed by atoms with E-state index < -0.39 is 0 Å². The van der Waals surface area contributed by atoms with Gasteiger partial charge >= 0.3 is 0 Å². The Morgan fingerprint density at radius 2 is 1.86 bits per heavy atom. The Bertz CT molecular complexity index is 1130. The quantitative estimate of drug-likeness (QED) is 0.379. The summed E-state index contributed by atoms with van der Waals surface area (Å²) in [5, 5.41) is 6.12. The molecule has 190 valence electrons. The first kappa shape index (κ1) is 25.4. The molecule has 2 aromatic carbocycles. The van der Waals surface area contributed by atoms with E-state index in [2.05, 4.69) is 32.4 Å². The van der Waals surface area contributed by atoms with Gasteiger partial charge in [0.1, 0.15) is 12.4 Å². The minimum Gasteiger partial charge on any atom is -0.495 e. The minimum absolute atomic E-state index is 0.0565. The molecule has 9 heteroatoms. The number of methoxy groups -OCH3 is 1. The maximum absolute atomic E-state index is 12.0. The van der Waals surface area contributed by atoms with Gasteiger partial charge < -0.3 is 29.7 Å². The van der Waals surface area contributed by atoms with Gasteiger partial charge in [-0.1, -0.05) is 25.5 Å². The summed E-state index contributed by atoms with van der Waals surface area (Å²) in [6.45, 7) is 5.84. The lowest BCUT2D eigenvalue weighted by molar-refractivity contribution is -0.120. The Morgan fingerprint density at radius 3 is 2.61 bits per heavy atom. The number of nitrogens with zero attached hydrogens (tertiary/aromatic N) is 3. The van der Waals surface area contributed by atoms with Crippen molar-refractivity contribution < 1.29 is 19.0 Å². The van der Waals surface area contributed by atoms with Crippen molar-refractivity contribution in [3.63, 3.8) is 0 Å². The third-order valence-electron chi connectivity index (χ3n) is 5.78. The Labute approximate surface area is 211 Å². The molecule has 36 heavy (non-hydrogen) atoms. The van der Waals surface area contributed by atoms with Crippen molar-refractivity contribution >= 4 is 28.9 Å².